The number of hydrogen-bond donors (Lipinski definition) is 22. The Kier molecular flexibility index (Phi) is 25.0. The van der Waals surface area contributed by atoms with Gasteiger partial charge >= 0.3 is 0 Å². The molecule has 86 heavy (non-hydrogen) atoms. The Morgan fingerprint density at radius 1 is 0.326 bits per heavy atom. The van der Waals surface area contributed by atoms with Crippen LogP contribution in [-0.2, 0) is 76.0 Å². The van der Waals surface area contributed by atoms with Gasteiger partial charge in [0.25, 0.3) is 0 Å². The molecular weight excluding hydrogens is 1180 g/mol. The Balaban J connectivity index is 1.19. The van der Waals surface area contributed by atoms with Crippen molar-refractivity contribution in [2.24, 2.45) is 0 Å². The summed E-state index contributed by atoms with van der Waals surface area (Å²) in [5, 5.41) is 213. The van der Waals surface area contributed by atoms with Crippen LogP contribution in [0.15, 0.2) is 0 Å². The molecule has 7 saturated heterocycles. The molecule has 498 valence electrons. The van der Waals surface area contributed by atoms with Crippen molar-refractivity contribution in [3.05, 3.63) is 0 Å². The highest BCUT2D eigenvalue weighted by Gasteiger charge is 2.59. The lowest BCUT2D eigenvalue weighted by molar-refractivity contribution is -0.388. The van der Waals surface area contributed by atoms with Gasteiger partial charge in [-0.1, -0.05) is 0 Å². The zero-order chi connectivity index (χ0) is 63.5. The molecule has 0 unspecified atom stereocenters. The molecule has 0 saturated carbocycles. The van der Waals surface area contributed by atoms with Crippen molar-refractivity contribution in [3.63, 3.8) is 0 Å². The van der Waals surface area contributed by atoms with Crippen molar-refractivity contribution in [3.8, 4) is 0 Å². The molecule has 7 heterocycles. The lowest BCUT2D eigenvalue weighted by Gasteiger charge is -2.51. The van der Waals surface area contributed by atoms with Gasteiger partial charge in [-0.2, -0.15) is 0 Å². The van der Waals surface area contributed by atoms with E-state index < -0.39 is 272 Å². The second kappa shape index (κ2) is 30.5. The van der Waals surface area contributed by atoms with Crippen molar-refractivity contribution < 1.29 is 173 Å². The summed E-state index contributed by atoms with van der Waals surface area (Å²) in [6.45, 7) is -1.66. The fourth-order valence-electron chi connectivity index (χ4n) is 11.0. The van der Waals surface area contributed by atoms with Crippen LogP contribution in [0.5, 0.6) is 0 Å². The third-order valence-electron chi connectivity index (χ3n) is 15.7. The zero-order valence-electron chi connectivity index (χ0n) is 46.5. The highest BCUT2D eigenvalue weighted by Crippen LogP contribution is 2.38. The van der Waals surface area contributed by atoms with Gasteiger partial charge in [-0.15, -0.1) is 0 Å². The minimum Gasteiger partial charge on any atom is -0.394 e. The molecule has 0 aromatic carbocycles. The molecule has 0 bridgehead atoms. The molecule has 7 rings (SSSR count). The van der Waals surface area contributed by atoms with Crippen LogP contribution in [0.4, 0.5) is 0 Å². The summed E-state index contributed by atoms with van der Waals surface area (Å²) < 4.78 is 76.4. The third-order valence-corrected chi connectivity index (χ3v) is 15.7. The van der Waals surface area contributed by atoms with Crippen LogP contribution in [0.1, 0.15) is 27.7 Å². The normalized spacial score (nSPS) is 49.4. The Labute approximate surface area is 488 Å². The molecule has 3 amide bonds. The van der Waals surface area contributed by atoms with Gasteiger partial charge in [0.05, 0.1) is 45.7 Å². The summed E-state index contributed by atoms with van der Waals surface area (Å²) in [6, 6.07) is -5.26. The highest BCUT2D eigenvalue weighted by molar-refractivity contribution is 5.74. The zero-order valence-corrected chi connectivity index (χ0v) is 46.5. The number of carbonyl (C=O) groups excluding carboxylic acids is 3. The van der Waals surface area contributed by atoms with E-state index in [4.69, 9.17) is 61.6 Å². The van der Waals surface area contributed by atoms with E-state index in [1.807, 2.05) is 0 Å². The number of amides is 3. The molecule has 0 aliphatic carbocycles. The third kappa shape index (κ3) is 15.4. The monoisotopic (exact) mass is 1260 g/mol. The molecule has 0 radical (unpaired) electrons. The number of carbonyl (C=O) groups is 3. The fraction of sp³-hybridized carbons (Fsp3) is 0.938. The summed E-state index contributed by atoms with van der Waals surface area (Å²) in [5.74, 6) is -2.56. The van der Waals surface area contributed by atoms with Gasteiger partial charge < -0.3 is 175 Å². The lowest BCUT2D eigenvalue weighted by atomic mass is 9.93. The van der Waals surface area contributed by atoms with Crippen molar-refractivity contribution in [2.75, 3.05) is 39.6 Å². The first-order valence-electron chi connectivity index (χ1n) is 27.5. The predicted octanol–water partition coefficient (Wildman–Crippen LogP) is -14.8. The molecule has 0 aromatic heterocycles. The van der Waals surface area contributed by atoms with Gasteiger partial charge in [-0.3, -0.25) is 14.4 Å². The number of nitrogens with one attached hydrogen (secondary N) is 3. The van der Waals surface area contributed by atoms with Gasteiger partial charge in [-0.05, 0) is 6.92 Å². The van der Waals surface area contributed by atoms with Crippen molar-refractivity contribution >= 4 is 17.7 Å². The Hall–Kier alpha value is -2.87. The molecule has 7 aliphatic heterocycles. The van der Waals surface area contributed by atoms with E-state index in [0.717, 1.165) is 20.8 Å². The molecular formula is C48H81N3O35. The predicted molar refractivity (Wildman–Crippen MR) is 265 cm³/mol. The Morgan fingerprint density at radius 3 is 1.14 bits per heavy atom. The summed E-state index contributed by atoms with van der Waals surface area (Å²) in [4.78, 5) is 38.3. The quantitative estimate of drug-likeness (QED) is 0.0507. The minimum atomic E-state index is -2.32. The lowest BCUT2D eigenvalue weighted by Crippen LogP contribution is -2.71. The largest absolute Gasteiger partial charge is 0.394 e. The van der Waals surface area contributed by atoms with Crippen LogP contribution in [0.25, 0.3) is 0 Å². The number of rotatable bonds is 21. The van der Waals surface area contributed by atoms with Crippen molar-refractivity contribution in [1.82, 2.24) is 16.0 Å². The molecule has 0 spiro atoms. The fourth-order valence-corrected chi connectivity index (χ4v) is 11.0. The second-order valence-corrected chi connectivity index (χ2v) is 21.8. The molecule has 38 heteroatoms. The number of ether oxygens (including phenoxy) is 13. The number of hydrogen-bond acceptors (Lipinski definition) is 35. The van der Waals surface area contributed by atoms with Gasteiger partial charge in [0, 0.05) is 20.8 Å². The van der Waals surface area contributed by atoms with E-state index in [1.54, 1.807) is 0 Å². The molecule has 0 aromatic rings. The van der Waals surface area contributed by atoms with E-state index in [0.29, 0.717) is 0 Å². The van der Waals surface area contributed by atoms with E-state index >= 15 is 0 Å². The standard InChI is InChI=1S/C48H81N3O35/c1-11-24(60)30(66)33(69)45(75-11)85-40-23(51-14(4)59)43(74-10-20-29(65)38(21(42(73)76-20)49-12(2)57)83-46-34(70)31(67)25(61)15(5-52)78-46)81-19(9-56)37(40)82-48-36(72)41(28(64)18(8-55)80-48)86-44-22(50-13(3)58)39(27(63)17(7-54)77-44)84-47-35(71)32(68)26(62)16(6-53)79-47/h11,15-48,52-56,60-73H,5-10H2,1-4H3,(H,49,57)(H,50,58)(H,51,59)/t11-,15+,16+,17+,18+,19+,20+,21+,22+,23+,24+,25-,26-,27+,28-,29-,30+,31-,32-,33-,34+,35+,36+,37+,38+,39+,40+,41-,42+,43+,44-,45-,46-,47-,48-/m0/s1. The summed E-state index contributed by atoms with van der Waals surface area (Å²) >= 11 is 0. The maximum atomic E-state index is 13.2. The maximum Gasteiger partial charge on any atom is 0.217 e. The van der Waals surface area contributed by atoms with Crippen LogP contribution >= 0.6 is 0 Å². The molecule has 7 aliphatic rings. The molecule has 22 N–H and O–H groups in total. The smallest absolute Gasteiger partial charge is 0.217 e. The van der Waals surface area contributed by atoms with E-state index in [-0.39, 0.29) is 0 Å². The van der Waals surface area contributed by atoms with E-state index in [1.165, 1.54) is 6.92 Å². The Bertz CT molecular complexity index is 2170. The molecule has 7 fully saturated rings. The van der Waals surface area contributed by atoms with Gasteiger partial charge in [-0.25, -0.2) is 0 Å². The highest BCUT2D eigenvalue weighted by atomic mass is 16.8. The van der Waals surface area contributed by atoms with Crippen LogP contribution in [-0.4, -0.2) is 369 Å². The minimum absolute atomic E-state index is 0.795. The first-order valence-corrected chi connectivity index (χ1v) is 27.5. The van der Waals surface area contributed by atoms with Gasteiger partial charge in [0.1, 0.15) is 165 Å². The van der Waals surface area contributed by atoms with Crippen LogP contribution in [0.3, 0.4) is 0 Å². The summed E-state index contributed by atoms with van der Waals surface area (Å²) in [7, 11) is 0. The van der Waals surface area contributed by atoms with Gasteiger partial charge in [0.2, 0.25) is 17.7 Å². The first-order chi connectivity index (χ1) is 40.6. The van der Waals surface area contributed by atoms with Crippen molar-refractivity contribution in [2.45, 2.75) is 242 Å². The number of aliphatic hydroxyl groups is 19. The van der Waals surface area contributed by atoms with Crippen LogP contribution in [0.2, 0.25) is 0 Å². The SMILES string of the molecule is CC(=O)N[C@@H]1[C@@H](O[C@@H]2O[C@H](CO)[C@H](O)[C@H](O)[C@H]2O)[C@@H](O)[C@@H](CO[C@@H]2O[C@H](CO)[C@@H](O[C@@H]3O[C@H](CO)[C@H](O)[C@H](O[C@@H]4O[C@H](CO)[C@@H](O)[C@H](O[C@@H]5O[C@H](CO)[C@H](O)[C@H](O)[C@H]5O)[C@H]4NC(C)=O)[C@H]3O)[C@H](O[C@@H]3O[C@@H](C)[C@@H](O)[C@@H](O)[C@@H]3O)[C@H]2NC(C)=O)O[C@H]1O. The van der Waals surface area contributed by atoms with Gasteiger partial charge in [0.15, 0.2) is 44.0 Å². The second-order valence-electron chi connectivity index (χ2n) is 21.8. The molecule has 35 atom stereocenters. The average molecular weight is 1260 g/mol. The topological polar surface area (TPSA) is 592 Å². The summed E-state index contributed by atoms with van der Waals surface area (Å²) in [6.07, 6.45) is -61.3. The first kappa shape index (κ1) is 70.6. The summed E-state index contributed by atoms with van der Waals surface area (Å²) in [5.41, 5.74) is 0. The molecule has 38 nitrogen and oxygen atoms in total. The van der Waals surface area contributed by atoms with Crippen molar-refractivity contribution in [1.29, 1.82) is 0 Å². The van der Waals surface area contributed by atoms with Crippen LogP contribution in [0, 0.1) is 0 Å². The Morgan fingerprint density at radius 2 is 0.663 bits per heavy atom. The average Bonchev–Trinajstić information content (AvgIpc) is 1.80. The van der Waals surface area contributed by atoms with E-state index in [2.05, 4.69) is 16.0 Å². The van der Waals surface area contributed by atoms with E-state index in [9.17, 15) is 111 Å². The number of aliphatic hydroxyl groups excluding tert-OH is 19. The maximum absolute atomic E-state index is 13.2. The van der Waals surface area contributed by atoms with Crippen LogP contribution < -0.4 is 16.0 Å².